The number of benzene rings is 1. The van der Waals surface area contributed by atoms with E-state index in [9.17, 15) is 18.0 Å². The first-order valence-corrected chi connectivity index (χ1v) is 12.0. The van der Waals surface area contributed by atoms with Crippen molar-refractivity contribution in [3.8, 4) is 11.5 Å². The number of likely N-dealkylation sites (N-methyl/N-ethyl adjacent to an activating group) is 1. The lowest BCUT2D eigenvalue weighted by Gasteiger charge is -2.33. The van der Waals surface area contributed by atoms with Gasteiger partial charge in [-0.05, 0) is 44.5 Å². The number of ether oxygens (including phenoxy) is 2. The highest BCUT2D eigenvalue weighted by Gasteiger charge is 2.34. The van der Waals surface area contributed by atoms with Crippen LogP contribution in [0.4, 0.5) is 5.69 Å². The van der Waals surface area contributed by atoms with Crippen LogP contribution in [0, 0.1) is 5.92 Å². The van der Waals surface area contributed by atoms with Gasteiger partial charge in [-0.25, -0.2) is 8.42 Å². The Hall–Kier alpha value is -2.33. The molecule has 4 rings (SSSR count). The van der Waals surface area contributed by atoms with Crippen LogP contribution in [0.5, 0.6) is 11.5 Å². The maximum atomic E-state index is 12.6. The molecule has 9 nitrogen and oxygen atoms in total. The number of carbonyl (C=O) groups is 2. The van der Waals surface area contributed by atoms with Crippen LogP contribution in [0.15, 0.2) is 18.2 Å². The summed E-state index contributed by atoms with van der Waals surface area (Å²) in [5.41, 5.74) is 0.676. The summed E-state index contributed by atoms with van der Waals surface area (Å²) in [6.45, 7) is 1.75. The van der Waals surface area contributed by atoms with Crippen molar-refractivity contribution in [1.82, 2.24) is 9.80 Å². The smallest absolute Gasteiger partial charge is 0.236 e. The Morgan fingerprint density at radius 2 is 1.90 bits per heavy atom. The van der Waals surface area contributed by atoms with Crippen molar-refractivity contribution in [2.45, 2.75) is 25.3 Å². The second kappa shape index (κ2) is 8.43. The van der Waals surface area contributed by atoms with Gasteiger partial charge in [0.1, 0.15) is 0 Å². The molecule has 0 radical (unpaired) electrons. The van der Waals surface area contributed by atoms with Crippen molar-refractivity contribution in [3.05, 3.63) is 18.2 Å². The Kier molecular flexibility index (Phi) is 5.88. The van der Waals surface area contributed by atoms with Crippen LogP contribution in [-0.4, -0.2) is 81.1 Å². The Morgan fingerprint density at radius 1 is 1.17 bits per heavy atom. The van der Waals surface area contributed by atoms with Crippen LogP contribution in [0.25, 0.3) is 0 Å². The highest BCUT2D eigenvalue weighted by Crippen LogP contribution is 2.34. The zero-order valence-electron chi connectivity index (χ0n) is 17.0. The average molecular weight is 438 g/mol. The van der Waals surface area contributed by atoms with Crippen LogP contribution in [0.3, 0.4) is 0 Å². The number of fused-ring (bicyclic) bond motifs is 1. The molecule has 2 fully saturated rings. The lowest BCUT2D eigenvalue weighted by molar-refractivity contribution is -0.133. The van der Waals surface area contributed by atoms with Crippen molar-refractivity contribution in [2.24, 2.45) is 5.92 Å². The van der Waals surface area contributed by atoms with Crippen LogP contribution < -0.4 is 14.8 Å². The Morgan fingerprint density at radius 3 is 2.60 bits per heavy atom. The number of nitrogens with zero attached hydrogens (tertiary/aromatic N) is 2. The van der Waals surface area contributed by atoms with E-state index in [2.05, 4.69) is 5.32 Å². The van der Waals surface area contributed by atoms with Crippen LogP contribution in [0.2, 0.25) is 0 Å². The summed E-state index contributed by atoms with van der Waals surface area (Å²) in [6, 6.07) is 5.09. The van der Waals surface area contributed by atoms with Gasteiger partial charge in [0, 0.05) is 30.8 Å². The van der Waals surface area contributed by atoms with Gasteiger partial charge in [-0.15, -0.1) is 0 Å². The van der Waals surface area contributed by atoms with Gasteiger partial charge in [0.05, 0.1) is 18.1 Å². The normalized spacial score (nSPS) is 23.3. The molecule has 3 aliphatic heterocycles. The van der Waals surface area contributed by atoms with Gasteiger partial charge in [-0.3, -0.25) is 14.5 Å². The zero-order valence-corrected chi connectivity index (χ0v) is 17.8. The molecule has 1 aromatic rings. The molecule has 3 heterocycles. The van der Waals surface area contributed by atoms with Gasteiger partial charge in [0.2, 0.25) is 18.6 Å². The minimum absolute atomic E-state index is 0.0341. The van der Waals surface area contributed by atoms with Gasteiger partial charge in [0.25, 0.3) is 0 Å². The molecule has 0 aromatic heterocycles. The van der Waals surface area contributed by atoms with E-state index in [4.69, 9.17) is 9.47 Å². The standard InChI is InChI=1S/C20H27N3O6S/c1-22(16-6-9-30(26,27)12-16)19(24)11-23-7-4-14(5-8-23)20(25)21-15-2-3-17-18(10-15)29-13-28-17/h2-3,10,14,16H,4-9,11-13H2,1H3,(H,21,25). The van der Waals surface area contributed by atoms with Gasteiger partial charge >= 0.3 is 0 Å². The van der Waals surface area contributed by atoms with E-state index in [0.717, 1.165) is 0 Å². The lowest BCUT2D eigenvalue weighted by atomic mass is 9.95. The van der Waals surface area contributed by atoms with Crippen molar-refractivity contribution in [3.63, 3.8) is 0 Å². The van der Waals surface area contributed by atoms with Gasteiger partial charge in [-0.1, -0.05) is 0 Å². The molecule has 0 aliphatic carbocycles. The molecular formula is C20H27N3O6S. The van der Waals surface area contributed by atoms with E-state index in [0.29, 0.717) is 49.5 Å². The van der Waals surface area contributed by atoms with E-state index in [1.54, 1.807) is 30.1 Å². The Balaban J connectivity index is 1.23. The molecule has 164 valence electrons. The quantitative estimate of drug-likeness (QED) is 0.723. The van der Waals surface area contributed by atoms with Crippen LogP contribution in [-0.2, 0) is 19.4 Å². The lowest BCUT2D eigenvalue weighted by Crippen LogP contribution is -2.46. The molecule has 0 saturated carbocycles. The molecule has 0 spiro atoms. The van der Waals surface area contributed by atoms with Gasteiger partial charge in [0.15, 0.2) is 21.3 Å². The first-order valence-electron chi connectivity index (χ1n) is 10.2. The van der Waals surface area contributed by atoms with Crippen molar-refractivity contribution >= 4 is 27.3 Å². The highest BCUT2D eigenvalue weighted by molar-refractivity contribution is 7.91. The van der Waals surface area contributed by atoms with E-state index >= 15 is 0 Å². The number of amides is 2. The van der Waals surface area contributed by atoms with E-state index in [-0.39, 0.29) is 48.6 Å². The number of nitrogens with one attached hydrogen (secondary N) is 1. The molecule has 0 bridgehead atoms. The van der Waals surface area contributed by atoms with E-state index in [1.165, 1.54) is 0 Å². The van der Waals surface area contributed by atoms with Crippen molar-refractivity contribution in [1.29, 1.82) is 0 Å². The Labute approximate surface area is 176 Å². The average Bonchev–Trinajstić information content (AvgIpc) is 3.33. The molecule has 2 saturated heterocycles. The largest absolute Gasteiger partial charge is 0.454 e. The molecule has 2 amide bonds. The van der Waals surface area contributed by atoms with Crippen LogP contribution in [0.1, 0.15) is 19.3 Å². The zero-order chi connectivity index (χ0) is 21.3. The number of carbonyl (C=O) groups excluding carboxylic acids is 2. The fraction of sp³-hybridized carbons (Fsp3) is 0.600. The van der Waals surface area contributed by atoms with E-state index in [1.807, 2.05) is 4.90 Å². The number of anilines is 1. The summed E-state index contributed by atoms with van der Waals surface area (Å²) in [5.74, 6) is 1.29. The molecule has 1 unspecified atom stereocenters. The summed E-state index contributed by atoms with van der Waals surface area (Å²) < 4.78 is 33.9. The Bertz CT molecular complexity index is 926. The number of sulfone groups is 1. The molecule has 1 aromatic carbocycles. The summed E-state index contributed by atoms with van der Waals surface area (Å²) in [7, 11) is -1.34. The number of piperidine rings is 1. The second-order valence-electron chi connectivity index (χ2n) is 8.17. The third kappa shape index (κ3) is 4.70. The van der Waals surface area contributed by atoms with Gasteiger partial charge in [-0.2, -0.15) is 0 Å². The van der Waals surface area contributed by atoms with Crippen molar-refractivity contribution < 1.29 is 27.5 Å². The first-order chi connectivity index (χ1) is 14.3. The fourth-order valence-corrected chi connectivity index (χ4v) is 5.93. The molecule has 10 heteroatoms. The number of hydrogen-bond donors (Lipinski definition) is 1. The topological polar surface area (TPSA) is 105 Å². The predicted octanol–water partition coefficient (Wildman–Crippen LogP) is 0.711. The fourth-order valence-electron chi connectivity index (χ4n) is 4.16. The SMILES string of the molecule is CN(C(=O)CN1CCC(C(=O)Nc2ccc3c(c2)OCO3)CC1)C1CCS(=O)(=O)C1. The minimum atomic E-state index is -3.02. The van der Waals surface area contributed by atoms with Crippen molar-refractivity contribution in [2.75, 3.05) is 50.3 Å². The number of hydrogen-bond acceptors (Lipinski definition) is 7. The number of rotatable bonds is 5. The molecule has 30 heavy (non-hydrogen) atoms. The predicted molar refractivity (Wildman–Crippen MR) is 110 cm³/mol. The van der Waals surface area contributed by atoms with Gasteiger partial charge < -0.3 is 19.7 Å². The second-order valence-corrected chi connectivity index (χ2v) is 10.4. The maximum absolute atomic E-state index is 12.6. The third-order valence-electron chi connectivity index (χ3n) is 6.11. The first kappa shape index (κ1) is 20.9. The minimum Gasteiger partial charge on any atom is -0.454 e. The summed E-state index contributed by atoms with van der Waals surface area (Å²) in [4.78, 5) is 28.8. The summed E-state index contributed by atoms with van der Waals surface area (Å²) in [5, 5.41) is 2.93. The van der Waals surface area contributed by atoms with E-state index < -0.39 is 9.84 Å². The highest BCUT2D eigenvalue weighted by atomic mass is 32.2. The summed E-state index contributed by atoms with van der Waals surface area (Å²) in [6.07, 6.45) is 1.85. The number of likely N-dealkylation sites (tertiary alicyclic amines) is 1. The summed E-state index contributed by atoms with van der Waals surface area (Å²) >= 11 is 0. The molecular weight excluding hydrogens is 410 g/mol. The monoisotopic (exact) mass is 437 g/mol. The molecule has 1 N–H and O–H groups in total. The molecule has 1 atom stereocenters. The maximum Gasteiger partial charge on any atom is 0.236 e. The third-order valence-corrected chi connectivity index (χ3v) is 7.86. The van der Waals surface area contributed by atoms with Crippen LogP contribution >= 0.6 is 0 Å². The molecule has 3 aliphatic rings.